The molecule has 0 aromatic heterocycles. The lowest BCUT2D eigenvalue weighted by Gasteiger charge is -2.41. The van der Waals surface area contributed by atoms with Gasteiger partial charge in [0.2, 0.25) is 0 Å². The van der Waals surface area contributed by atoms with Crippen molar-refractivity contribution in [3.63, 3.8) is 0 Å². The summed E-state index contributed by atoms with van der Waals surface area (Å²) in [6, 6.07) is 19.9. The third-order valence-electron chi connectivity index (χ3n) is 4.26. The second-order valence-electron chi connectivity index (χ2n) is 5.70. The van der Waals surface area contributed by atoms with Gasteiger partial charge in [-0.2, -0.15) is 0 Å². The Labute approximate surface area is 157 Å². The topological polar surface area (TPSA) is 18.5 Å². The maximum atomic E-state index is 13.5. The van der Waals surface area contributed by atoms with Gasteiger partial charge in [-0.05, 0) is 64.0 Å². The lowest BCUT2D eigenvalue weighted by Crippen LogP contribution is -2.41. The van der Waals surface area contributed by atoms with Gasteiger partial charge in [-0.25, -0.2) is 8.78 Å². The Hall–Kier alpha value is -1.99. The van der Waals surface area contributed by atoms with Crippen molar-refractivity contribution < 1.29 is 18.3 Å². The van der Waals surface area contributed by atoms with Crippen molar-refractivity contribution in [1.82, 2.24) is 0 Å². The highest BCUT2D eigenvalue weighted by Gasteiger charge is 2.45. The van der Waals surface area contributed by atoms with Crippen molar-refractivity contribution in [2.45, 2.75) is 9.90 Å². The molecule has 1 heterocycles. The van der Waals surface area contributed by atoms with E-state index in [4.69, 9.17) is 9.47 Å². The third-order valence-corrected chi connectivity index (χ3v) is 4.77. The van der Waals surface area contributed by atoms with Crippen LogP contribution in [0.15, 0.2) is 72.8 Å². The Morgan fingerprint density at radius 2 is 1.28 bits per heavy atom. The Kier molecular flexibility index (Phi) is 4.21. The number of hydrogen-bond acceptors (Lipinski definition) is 2. The number of halogens is 3. The van der Waals surface area contributed by atoms with Crippen LogP contribution in [0.2, 0.25) is 0 Å². The molecule has 0 fully saturated rings. The van der Waals surface area contributed by atoms with Crippen LogP contribution in [0.25, 0.3) is 0 Å². The quantitative estimate of drug-likeness (QED) is 0.386. The Balaban J connectivity index is 2.03. The molecule has 126 valence electrons. The first kappa shape index (κ1) is 16.5. The minimum absolute atomic E-state index is 0.329. The number of hydrogen-bond donors (Lipinski definition) is 0. The third kappa shape index (κ3) is 2.81. The van der Waals surface area contributed by atoms with E-state index in [1.807, 2.05) is 24.3 Å². The molecule has 25 heavy (non-hydrogen) atoms. The van der Waals surface area contributed by atoms with E-state index in [0.717, 1.165) is 16.7 Å². The predicted molar refractivity (Wildman–Crippen MR) is 98.6 cm³/mol. The summed E-state index contributed by atoms with van der Waals surface area (Å²) in [6.07, 6.45) is 0. The van der Waals surface area contributed by atoms with Crippen LogP contribution in [0.3, 0.4) is 0 Å². The standard InChI is InChI=1S/C20H13F2IO2/c21-15-9-5-13(6-10-15)20(14-7-11-16(22)12-8-14)17-3-1-2-4-18(17)24-19(23)25-20/h1-12,19H. The summed E-state index contributed by atoms with van der Waals surface area (Å²) in [7, 11) is 0. The van der Waals surface area contributed by atoms with E-state index in [2.05, 4.69) is 22.6 Å². The molecule has 0 bridgehead atoms. The van der Waals surface area contributed by atoms with Crippen molar-refractivity contribution in [1.29, 1.82) is 0 Å². The molecule has 1 aliphatic rings. The van der Waals surface area contributed by atoms with E-state index in [0.29, 0.717) is 5.75 Å². The molecular weight excluding hydrogens is 437 g/mol. The lowest BCUT2D eigenvalue weighted by molar-refractivity contribution is -0.101. The normalized spacial score (nSPS) is 18.3. The van der Waals surface area contributed by atoms with Gasteiger partial charge in [-0.3, -0.25) is 0 Å². The van der Waals surface area contributed by atoms with Crippen molar-refractivity contribution in [2.75, 3.05) is 0 Å². The monoisotopic (exact) mass is 450 g/mol. The highest BCUT2D eigenvalue weighted by atomic mass is 127. The first-order valence-electron chi connectivity index (χ1n) is 7.70. The van der Waals surface area contributed by atoms with Gasteiger partial charge in [0.05, 0.1) is 0 Å². The zero-order chi connectivity index (χ0) is 17.4. The zero-order valence-electron chi connectivity index (χ0n) is 13.0. The van der Waals surface area contributed by atoms with Gasteiger partial charge in [0, 0.05) is 5.56 Å². The molecule has 0 saturated carbocycles. The van der Waals surface area contributed by atoms with Crippen molar-refractivity contribution in [3.8, 4) is 5.75 Å². The van der Waals surface area contributed by atoms with E-state index >= 15 is 0 Å². The average Bonchev–Trinajstić information content (AvgIpc) is 2.62. The van der Waals surface area contributed by atoms with Gasteiger partial charge in [0.25, 0.3) is 4.30 Å². The number of para-hydroxylation sites is 1. The predicted octanol–water partition coefficient (Wildman–Crippen LogP) is 5.38. The molecule has 4 rings (SSSR count). The van der Waals surface area contributed by atoms with Crippen LogP contribution in [-0.4, -0.2) is 4.30 Å². The lowest BCUT2D eigenvalue weighted by atomic mass is 9.79. The summed E-state index contributed by atoms with van der Waals surface area (Å²) in [5, 5.41) is 0. The number of fused-ring (bicyclic) bond motifs is 1. The second-order valence-corrected chi connectivity index (χ2v) is 6.72. The molecule has 3 aromatic carbocycles. The summed E-state index contributed by atoms with van der Waals surface area (Å²) < 4.78 is 38.5. The van der Waals surface area contributed by atoms with Crippen molar-refractivity contribution in [2.24, 2.45) is 0 Å². The molecule has 3 aromatic rings. The maximum absolute atomic E-state index is 13.5. The van der Waals surface area contributed by atoms with E-state index in [-0.39, 0.29) is 11.6 Å². The van der Waals surface area contributed by atoms with E-state index in [1.165, 1.54) is 24.3 Å². The van der Waals surface area contributed by atoms with Gasteiger partial charge in [0.1, 0.15) is 17.4 Å². The van der Waals surface area contributed by atoms with Gasteiger partial charge >= 0.3 is 0 Å². The fourth-order valence-corrected chi connectivity index (χ4v) is 3.82. The number of ether oxygens (including phenoxy) is 2. The molecular formula is C20H13F2IO2. The number of alkyl halides is 1. The first-order valence-corrected chi connectivity index (χ1v) is 8.94. The van der Waals surface area contributed by atoms with E-state index in [1.54, 1.807) is 24.3 Å². The fraction of sp³-hybridized carbons (Fsp3) is 0.100. The van der Waals surface area contributed by atoms with Crippen LogP contribution >= 0.6 is 22.6 Å². The molecule has 0 saturated heterocycles. The molecule has 1 unspecified atom stereocenters. The average molecular weight is 450 g/mol. The van der Waals surface area contributed by atoms with E-state index in [9.17, 15) is 8.78 Å². The van der Waals surface area contributed by atoms with Crippen LogP contribution in [0.4, 0.5) is 8.78 Å². The summed E-state index contributed by atoms with van der Waals surface area (Å²) >= 11 is 2.05. The second kappa shape index (κ2) is 6.38. The van der Waals surface area contributed by atoms with Crippen LogP contribution in [0, 0.1) is 11.6 Å². The molecule has 0 amide bonds. The fourth-order valence-electron chi connectivity index (χ4n) is 3.17. The minimum atomic E-state index is -1.01. The molecule has 0 spiro atoms. The highest BCUT2D eigenvalue weighted by molar-refractivity contribution is 14.1. The van der Waals surface area contributed by atoms with Crippen LogP contribution < -0.4 is 4.74 Å². The van der Waals surface area contributed by atoms with Crippen molar-refractivity contribution >= 4 is 22.6 Å². The number of rotatable bonds is 2. The van der Waals surface area contributed by atoms with Crippen molar-refractivity contribution in [3.05, 3.63) is 101 Å². The zero-order valence-corrected chi connectivity index (χ0v) is 15.1. The highest BCUT2D eigenvalue weighted by Crippen LogP contribution is 2.49. The van der Waals surface area contributed by atoms with Gasteiger partial charge in [-0.15, -0.1) is 0 Å². The Bertz CT molecular complexity index is 849. The van der Waals surface area contributed by atoms with E-state index < -0.39 is 9.90 Å². The molecule has 0 N–H and O–H groups in total. The maximum Gasteiger partial charge on any atom is 0.253 e. The van der Waals surface area contributed by atoms with Crippen LogP contribution in [0.5, 0.6) is 5.75 Å². The Morgan fingerprint density at radius 1 is 0.760 bits per heavy atom. The summed E-state index contributed by atoms with van der Waals surface area (Å²) in [6.45, 7) is 0. The van der Waals surface area contributed by atoms with Gasteiger partial charge in [-0.1, -0.05) is 42.5 Å². The largest absolute Gasteiger partial charge is 0.455 e. The van der Waals surface area contributed by atoms with Crippen LogP contribution in [-0.2, 0) is 10.3 Å². The summed E-state index contributed by atoms with van der Waals surface area (Å²) in [5.74, 6) is 0.0237. The summed E-state index contributed by atoms with van der Waals surface area (Å²) in [4.78, 5) is 0. The Morgan fingerprint density at radius 3 is 1.84 bits per heavy atom. The molecule has 1 aliphatic heterocycles. The summed E-state index contributed by atoms with van der Waals surface area (Å²) in [5.41, 5.74) is 1.28. The first-order chi connectivity index (χ1) is 12.1. The molecule has 5 heteroatoms. The molecule has 0 aliphatic carbocycles. The smallest absolute Gasteiger partial charge is 0.253 e. The molecule has 2 nitrogen and oxygen atoms in total. The SMILES string of the molecule is Fc1ccc(C2(c3ccc(F)cc3)OC(I)Oc3ccccc32)cc1. The molecule has 1 atom stereocenters. The van der Waals surface area contributed by atoms with Crippen LogP contribution in [0.1, 0.15) is 16.7 Å². The van der Waals surface area contributed by atoms with Gasteiger partial charge < -0.3 is 9.47 Å². The number of benzene rings is 3. The van der Waals surface area contributed by atoms with Gasteiger partial charge in [0.15, 0.2) is 5.60 Å². The minimum Gasteiger partial charge on any atom is -0.455 e. The molecule has 0 radical (unpaired) electrons.